The van der Waals surface area contributed by atoms with E-state index >= 15 is 0 Å². The van der Waals surface area contributed by atoms with Crippen molar-refractivity contribution in [2.45, 2.75) is 81.4 Å². The van der Waals surface area contributed by atoms with Crippen molar-refractivity contribution in [3.8, 4) is 0 Å². The zero-order chi connectivity index (χ0) is 27.8. The fourth-order valence-electron chi connectivity index (χ4n) is 6.40. The molecular weight excluding hydrogens is 561 g/mol. The first kappa shape index (κ1) is 29.5. The molecule has 4 aliphatic rings. The van der Waals surface area contributed by atoms with Gasteiger partial charge in [0.25, 0.3) is 0 Å². The highest BCUT2D eigenvalue weighted by Gasteiger charge is 2.43. The van der Waals surface area contributed by atoms with E-state index in [1.54, 1.807) is 0 Å². The molecule has 0 radical (unpaired) electrons. The largest absolute Gasteiger partial charge is 0.372 e. The summed E-state index contributed by atoms with van der Waals surface area (Å²) in [6.07, 6.45) is 8.68. The number of carbonyl (C=O) groups is 1. The fourth-order valence-corrected chi connectivity index (χ4v) is 8.89. The van der Waals surface area contributed by atoms with E-state index < -0.39 is 21.7 Å². The van der Waals surface area contributed by atoms with E-state index in [0.717, 1.165) is 32.0 Å². The summed E-state index contributed by atoms with van der Waals surface area (Å²) in [6, 6.07) is 4.59. The predicted octanol–water partition coefficient (Wildman–Crippen LogP) is 4.44. The van der Waals surface area contributed by atoms with Gasteiger partial charge in [0.1, 0.15) is 11.5 Å². The number of amides is 1. The van der Waals surface area contributed by atoms with Gasteiger partial charge in [-0.2, -0.15) is 4.31 Å². The van der Waals surface area contributed by atoms with Gasteiger partial charge in [0, 0.05) is 30.7 Å². The van der Waals surface area contributed by atoms with Gasteiger partial charge in [-0.15, -0.1) is 0 Å². The zero-order valence-corrected chi connectivity index (χ0v) is 25.4. The summed E-state index contributed by atoms with van der Waals surface area (Å²) < 4.78 is 40.3. The lowest BCUT2D eigenvalue weighted by atomic mass is 9.70. The molecule has 1 atom stereocenters. The lowest BCUT2D eigenvalue weighted by Crippen LogP contribution is -2.57. The van der Waals surface area contributed by atoms with Crippen LogP contribution in [-0.4, -0.2) is 98.7 Å². The van der Waals surface area contributed by atoms with E-state index in [1.807, 2.05) is 18.7 Å². The maximum absolute atomic E-state index is 13.6. The summed E-state index contributed by atoms with van der Waals surface area (Å²) in [6.45, 7) is 7.91. The van der Waals surface area contributed by atoms with Crippen LogP contribution < -0.4 is 0 Å². The number of sulfonamides is 1. The van der Waals surface area contributed by atoms with E-state index in [0.29, 0.717) is 10.4 Å². The predicted molar refractivity (Wildman–Crippen MR) is 152 cm³/mol. The van der Waals surface area contributed by atoms with Crippen molar-refractivity contribution in [1.29, 1.82) is 0 Å². The summed E-state index contributed by atoms with van der Waals surface area (Å²) in [5.41, 5.74) is -0.294. The standard InChI is InChI=1S/C28H41Cl2N3O5S/c1-27(2)20-33(39(35,36)25-7-6-21(29)16-24(25)30)23(18-38-27)17-37-19-26(34)32-14-10-28(11-15-32)8-12-31(13-9-28)22-4-3-5-22/h6-7,16,22-23H,3-5,8-15,17-20H2,1-2H3. The van der Waals surface area contributed by atoms with Crippen LogP contribution in [0.25, 0.3) is 0 Å². The molecule has 1 aliphatic carbocycles. The number of benzene rings is 1. The Kier molecular flexibility index (Phi) is 8.90. The number of likely N-dealkylation sites (tertiary alicyclic amines) is 2. The zero-order valence-electron chi connectivity index (χ0n) is 23.0. The Morgan fingerprint density at radius 3 is 2.36 bits per heavy atom. The first-order valence-electron chi connectivity index (χ1n) is 14.2. The quantitative estimate of drug-likeness (QED) is 0.460. The number of halogens is 2. The number of hydrogen-bond donors (Lipinski definition) is 0. The Morgan fingerprint density at radius 2 is 1.74 bits per heavy atom. The Bertz CT molecular complexity index is 1140. The molecule has 1 unspecified atom stereocenters. The van der Waals surface area contributed by atoms with Gasteiger partial charge in [-0.25, -0.2) is 8.42 Å². The normalized spacial score (nSPS) is 26.5. The fraction of sp³-hybridized carbons (Fsp3) is 0.750. The smallest absolute Gasteiger partial charge is 0.248 e. The Morgan fingerprint density at radius 1 is 1.08 bits per heavy atom. The van der Waals surface area contributed by atoms with Crippen molar-refractivity contribution < 1.29 is 22.7 Å². The summed E-state index contributed by atoms with van der Waals surface area (Å²) in [5.74, 6) is -0.0380. The van der Waals surface area contributed by atoms with Crippen molar-refractivity contribution in [3.63, 3.8) is 0 Å². The van der Waals surface area contributed by atoms with Crippen molar-refractivity contribution in [2.24, 2.45) is 5.41 Å². The highest BCUT2D eigenvalue weighted by atomic mass is 35.5. The molecule has 0 bridgehead atoms. The van der Waals surface area contributed by atoms with Gasteiger partial charge in [0.05, 0.1) is 29.9 Å². The molecule has 0 aromatic heterocycles. The van der Waals surface area contributed by atoms with Crippen molar-refractivity contribution >= 4 is 39.1 Å². The van der Waals surface area contributed by atoms with Crippen LogP contribution >= 0.6 is 23.2 Å². The molecule has 1 aromatic carbocycles. The monoisotopic (exact) mass is 601 g/mol. The van der Waals surface area contributed by atoms with E-state index in [-0.39, 0.29) is 42.2 Å². The van der Waals surface area contributed by atoms with Crippen LogP contribution in [0.4, 0.5) is 0 Å². The molecule has 1 aromatic rings. The molecular formula is C28H41Cl2N3O5S. The maximum Gasteiger partial charge on any atom is 0.248 e. The molecule has 1 amide bonds. The third-order valence-corrected chi connectivity index (χ3v) is 11.9. The lowest BCUT2D eigenvalue weighted by Gasteiger charge is -2.49. The van der Waals surface area contributed by atoms with Crippen molar-refractivity contribution in [1.82, 2.24) is 14.1 Å². The first-order chi connectivity index (χ1) is 18.5. The number of nitrogens with zero attached hydrogens (tertiary/aromatic N) is 3. The Balaban J connectivity index is 1.13. The highest BCUT2D eigenvalue weighted by molar-refractivity contribution is 7.89. The molecule has 1 saturated carbocycles. The van der Waals surface area contributed by atoms with E-state index in [4.69, 9.17) is 32.7 Å². The second-order valence-electron chi connectivity index (χ2n) is 12.4. The minimum Gasteiger partial charge on any atom is -0.372 e. The van der Waals surface area contributed by atoms with Gasteiger partial charge < -0.3 is 19.3 Å². The third-order valence-electron chi connectivity index (χ3n) is 9.25. The van der Waals surface area contributed by atoms with Crippen LogP contribution in [0.1, 0.15) is 58.8 Å². The number of ether oxygens (including phenoxy) is 2. The molecule has 5 rings (SSSR count). The summed E-state index contributed by atoms with van der Waals surface area (Å²) in [4.78, 5) is 17.6. The Labute approximate surface area is 242 Å². The number of rotatable bonds is 7. The third kappa shape index (κ3) is 6.60. The van der Waals surface area contributed by atoms with Gasteiger partial charge in [-0.1, -0.05) is 29.6 Å². The topological polar surface area (TPSA) is 79.4 Å². The molecule has 1 spiro atoms. The van der Waals surface area contributed by atoms with Crippen LogP contribution in [0, 0.1) is 5.41 Å². The van der Waals surface area contributed by atoms with Gasteiger partial charge >= 0.3 is 0 Å². The van der Waals surface area contributed by atoms with Crippen LogP contribution in [0.15, 0.2) is 23.1 Å². The summed E-state index contributed by atoms with van der Waals surface area (Å²) >= 11 is 12.2. The number of carbonyl (C=O) groups excluding carboxylic acids is 1. The Hall–Kier alpha value is -0.940. The lowest BCUT2D eigenvalue weighted by molar-refractivity contribution is -0.142. The van der Waals surface area contributed by atoms with E-state index in [2.05, 4.69) is 4.90 Å². The van der Waals surface area contributed by atoms with E-state index in [9.17, 15) is 13.2 Å². The molecule has 11 heteroatoms. The minimum absolute atomic E-state index is 0.00638. The van der Waals surface area contributed by atoms with Gasteiger partial charge in [-0.05, 0) is 89.1 Å². The van der Waals surface area contributed by atoms with Crippen LogP contribution in [0.2, 0.25) is 10.0 Å². The minimum atomic E-state index is -3.94. The molecule has 39 heavy (non-hydrogen) atoms. The second-order valence-corrected chi connectivity index (χ2v) is 15.1. The number of piperidine rings is 2. The number of hydrogen-bond acceptors (Lipinski definition) is 6. The highest BCUT2D eigenvalue weighted by Crippen LogP contribution is 2.43. The number of morpholine rings is 1. The van der Waals surface area contributed by atoms with Gasteiger partial charge in [-0.3, -0.25) is 4.79 Å². The molecule has 0 N–H and O–H groups in total. The first-order valence-corrected chi connectivity index (χ1v) is 16.4. The van der Waals surface area contributed by atoms with Crippen molar-refractivity contribution in [2.75, 3.05) is 52.5 Å². The molecule has 3 aliphatic heterocycles. The van der Waals surface area contributed by atoms with Gasteiger partial charge in [0.2, 0.25) is 15.9 Å². The molecule has 218 valence electrons. The second kappa shape index (κ2) is 11.7. The van der Waals surface area contributed by atoms with Gasteiger partial charge in [0.15, 0.2) is 0 Å². The van der Waals surface area contributed by atoms with E-state index in [1.165, 1.54) is 67.7 Å². The molecule has 8 nitrogen and oxygen atoms in total. The summed E-state index contributed by atoms with van der Waals surface area (Å²) in [5, 5.41) is 0.431. The average molecular weight is 603 g/mol. The van der Waals surface area contributed by atoms with Crippen LogP contribution in [-0.2, 0) is 24.3 Å². The van der Waals surface area contributed by atoms with Crippen LogP contribution in [0.5, 0.6) is 0 Å². The maximum atomic E-state index is 13.6. The van der Waals surface area contributed by atoms with Crippen molar-refractivity contribution in [3.05, 3.63) is 28.2 Å². The molecule has 4 fully saturated rings. The van der Waals surface area contributed by atoms with Crippen LogP contribution in [0.3, 0.4) is 0 Å². The average Bonchev–Trinajstić information content (AvgIpc) is 2.85. The summed E-state index contributed by atoms with van der Waals surface area (Å²) in [7, 11) is -3.94. The molecule has 3 saturated heterocycles. The molecule has 3 heterocycles. The SMILES string of the molecule is CC1(C)CN(S(=O)(=O)c2ccc(Cl)cc2Cl)C(COCC(=O)N2CCC3(CC2)CCN(C2CCC2)CC3)CO1.